The Morgan fingerprint density at radius 3 is 2.90 bits per heavy atom. The number of hydrogen-bond donors (Lipinski definition) is 1. The Morgan fingerprint density at radius 2 is 2.24 bits per heavy atom. The van der Waals surface area contributed by atoms with Gasteiger partial charge in [0.15, 0.2) is 0 Å². The van der Waals surface area contributed by atoms with E-state index in [0.717, 1.165) is 43.0 Å². The van der Waals surface area contributed by atoms with Crippen molar-refractivity contribution in [1.82, 2.24) is 0 Å². The molecule has 0 aliphatic heterocycles. The van der Waals surface area contributed by atoms with E-state index in [-0.39, 0.29) is 5.91 Å². The second kappa shape index (κ2) is 7.61. The molecular weight excluding hydrogens is 280 g/mol. The van der Waals surface area contributed by atoms with E-state index in [1.165, 1.54) is 23.3 Å². The van der Waals surface area contributed by atoms with Gasteiger partial charge in [-0.25, -0.2) is 0 Å². The van der Waals surface area contributed by atoms with Gasteiger partial charge in [-0.15, -0.1) is 11.3 Å². The maximum absolute atomic E-state index is 12.0. The average molecular weight is 304 g/mol. The van der Waals surface area contributed by atoms with Crippen LogP contribution < -0.4 is 5.32 Å². The third-order valence-electron chi connectivity index (χ3n) is 4.32. The fraction of sp³-hybridized carbons (Fsp3) is 0.647. The maximum Gasteiger partial charge on any atom is 0.225 e. The van der Waals surface area contributed by atoms with E-state index in [2.05, 4.69) is 25.2 Å². The summed E-state index contributed by atoms with van der Waals surface area (Å²) >= 11 is 1.62. The van der Waals surface area contributed by atoms with Crippen molar-refractivity contribution in [3.63, 3.8) is 0 Å². The molecule has 0 saturated heterocycles. The summed E-state index contributed by atoms with van der Waals surface area (Å²) in [5.74, 6) is 0.779. The first-order valence-electron chi connectivity index (χ1n) is 8.04. The summed E-state index contributed by atoms with van der Waals surface area (Å²) in [7, 11) is 0. The molecule has 21 heavy (non-hydrogen) atoms. The Balaban J connectivity index is 2.09. The van der Waals surface area contributed by atoms with Gasteiger partial charge in [0.25, 0.3) is 0 Å². The summed E-state index contributed by atoms with van der Waals surface area (Å²) in [4.78, 5) is 13.3. The predicted molar refractivity (Wildman–Crippen MR) is 87.6 cm³/mol. The Bertz CT molecular complexity index is 542. The fourth-order valence-corrected chi connectivity index (χ4v) is 4.26. The van der Waals surface area contributed by atoms with Gasteiger partial charge in [0.2, 0.25) is 5.91 Å². The molecule has 1 aliphatic carbocycles. The molecule has 1 aliphatic rings. The molecule has 0 saturated carbocycles. The Hall–Kier alpha value is -1.34. The van der Waals surface area contributed by atoms with Crippen molar-refractivity contribution in [3.8, 4) is 6.07 Å². The largest absolute Gasteiger partial charge is 0.317 e. The van der Waals surface area contributed by atoms with Crippen LogP contribution in [0.2, 0.25) is 0 Å². The smallest absolute Gasteiger partial charge is 0.225 e. The van der Waals surface area contributed by atoms with Crippen molar-refractivity contribution >= 4 is 22.2 Å². The number of thiophene rings is 1. The summed E-state index contributed by atoms with van der Waals surface area (Å²) in [6.07, 6.45) is 8.08. The minimum absolute atomic E-state index is 0.0468. The van der Waals surface area contributed by atoms with Gasteiger partial charge in [-0.05, 0) is 37.2 Å². The van der Waals surface area contributed by atoms with Crippen LogP contribution in [0, 0.1) is 17.2 Å². The summed E-state index contributed by atoms with van der Waals surface area (Å²) in [5, 5.41) is 13.2. The van der Waals surface area contributed by atoms with Gasteiger partial charge >= 0.3 is 0 Å². The van der Waals surface area contributed by atoms with Crippen LogP contribution in [0.25, 0.3) is 0 Å². The second-order valence-corrected chi connectivity index (χ2v) is 6.95. The van der Waals surface area contributed by atoms with Crippen LogP contribution in [-0.4, -0.2) is 5.91 Å². The molecule has 4 heteroatoms. The third kappa shape index (κ3) is 3.85. The molecule has 0 bridgehead atoms. The lowest BCUT2D eigenvalue weighted by atomic mass is 9.86. The minimum Gasteiger partial charge on any atom is -0.317 e. The number of hydrogen-bond acceptors (Lipinski definition) is 3. The highest BCUT2D eigenvalue weighted by Crippen LogP contribution is 2.40. The van der Waals surface area contributed by atoms with Crippen molar-refractivity contribution in [1.29, 1.82) is 5.26 Å². The zero-order valence-electron chi connectivity index (χ0n) is 13.0. The summed E-state index contributed by atoms with van der Waals surface area (Å²) in [5.41, 5.74) is 1.91. The zero-order chi connectivity index (χ0) is 15.2. The fourth-order valence-electron chi connectivity index (χ4n) is 2.93. The predicted octanol–water partition coefficient (Wildman–Crippen LogP) is 4.65. The summed E-state index contributed by atoms with van der Waals surface area (Å²) in [6, 6.07) is 2.30. The number of anilines is 1. The van der Waals surface area contributed by atoms with Gasteiger partial charge in [-0.1, -0.05) is 33.1 Å². The molecule has 0 radical (unpaired) electrons. The van der Waals surface area contributed by atoms with Gasteiger partial charge in [0.1, 0.15) is 11.1 Å². The van der Waals surface area contributed by atoms with E-state index < -0.39 is 0 Å². The lowest BCUT2D eigenvalue weighted by Crippen LogP contribution is -2.12. The number of amides is 1. The molecule has 1 N–H and O–H groups in total. The Morgan fingerprint density at radius 1 is 1.43 bits per heavy atom. The molecule has 3 nitrogen and oxygen atoms in total. The topological polar surface area (TPSA) is 52.9 Å². The van der Waals surface area contributed by atoms with Crippen LogP contribution in [0.15, 0.2) is 0 Å². The van der Waals surface area contributed by atoms with Gasteiger partial charge in [-0.3, -0.25) is 4.79 Å². The van der Waals surface area contributed by atoms with Gasteiger partial charge in [-0.2, -0.15) is 5.26 Å². The molecule has 1 atom stereocenters. The summed E-state index contributed by atoms with van der Waals surface area (Å²) in [6.45, 7) is 4.36. The molecule has 0 aromatic carbocycles. The molecule has 114 valence electrons. The Labute approximate surface area is 131 Å². The first-order valence-corrected chi connectivity index (χ1v) is 8.85. The lowest BCUT2D eigenvalue weighted by molar-refractivity contribution is -0.116. The SMILES string of the molecule is CCCCCC(=O)Nc1sc2c(c1C#N)CCC(CC)C2. The monoisotopic (exact) mass is 304 g/mol. The van der Waals surface area contributed by atoms with Crippen LogP contribution >= 0.6 is 11.3 Å². The normalized spacial score (nSPS) is 17.1. The second-order valence-electron chi connectivity index (χ2n) is 5.84. The van der Waals surface area contributed by atoms with E-state index in [9.17, 15) is 10.1 Å². The standard InChI is InChI=1S/C17H24N2OS/c1-3-5-6-7-16(20)19-17-14(11-18)13-9-8-12(4-2)10-15(13)21-17/h12H,3-10H2,1-2H3,(H,19,20). The Kier molecular flexibility index (Phi) is 5.81. The molecule has 0 spiro atoms. The molecule has 1 aromatic rings. The van der Waals surface area contributed by atoms with Gasteiger partial charge < -0.3 is 5.32 Å². The number of unbranched alkanes of at least 4 members (excludes halogenated alkanes) is 2. The highest BCUT2D eigenvalue weighted by Gasteiger charge is 2.25. The molecule has 2 rings (SSSR count). The highest BCUT2D eigenvalue weighted by molar-refractivity contribution is 7.16. The zero-order valence-corrected chi connectivity index (χ0v) is 13.8. The first kappa shape index (κ1) is 16.0. The highest BCUT2D eigenvalue weighted by atomic mass is 32.1. The molecule has 1 unspecified atom stereocenters. The van der Waals surface area contributed by atoms with Crippen LogP contribution in [0.3, 0.4) is 0 Å². The quantitative estimate of drug-likeness (QED) is 0.777. The molecule has 1 aromatic heterocycles. The number of rotatable bonds is 6. The number of nitriles is 1. The van der Waals surface area contributed by atoms with Crippen LogP contribution in [0.5, 0.6) is 0 Å². The van der Waals surface area contributed by atoms with Gasteiger partial charge in [0.05, 0.1) is 5.56 Å². The van der Waals surface area contributed by atoms with Crippen molar-refractivity contribution in [2.75, 3.05) is 5.32 Å². The van der Waals surface area contributed by atoms with Crippen LogP contribution in [0.4, 0.5) is 5.00 Å². The van der Waals surface area contributed by atoms with Crippen molar-refractivity contribution in [3.05, 3.63) is 16.0 Å². The van der Waals surface area contributed by atoms with E-state index in [0.29, 0.717) is 12.0 Å². The van der Waals surface area contributed by atoms with Crippen molar-refractivity contribution < 1.29 is 4.79 Å². The molecule has 1 heterocycles. The van der Waals surface area contributed by atoms with E-state index in [1.807, 2.05) is 0 Å². The number of carbonyl (C=O) groups excluding carboxylic acids is 1. The number of carbonyl (C=O) groups is 1. The first-order chi connectivity index (χ1) is 10.2. The molecule has 0 fully saturated rings. The third-order valence-corrected chi connectivity index (χ3v) is 5.49. The average Bonchev–Trinajstić information content (AvgIpc) is 2.83. The lowest BCUT2D eigenvalue weighted by Gasteiger charge is -2.20. The molecular formula is C17H24N2OS. The van der Waals surface area contributed by atoms with E-state index >= 15 is 0 Å². The number of fused-ring (bicyclic) bond motifs is 1. The number of nitrogens with one attached hydrogen (secondary N) is 1. The summed E-state index contributed by atoms with van der Waals surface area (Å²) < 4.78 is 0. The van der Waals surface area contributed by atoms with Crippen molar-refractivity contribution in [2.24, 2.45) is 5.92 Å². The van der Waals surface area contributed by atoms with E-state index in [4.69, 9.17) is 0 Å². The van der Waals surface area contributed by atoms with Gasteiger partial charge in [0, 0.05) is 11.3 Å². The van der Waals surface area contributed by atoms with E-state index in [1.54, 1.807) is 11.3 Å². The van der Waals surface area contributed by atoms with Crippen LogP contribution in [0.1, 0.15) is 68.4 Å². The number of nitrogens with zero attached hydrogens (tertiary/aromatic N) is 1. The minimum atomic E-state index is 0.0468. The van der Waals surface area contributed by atoms with Crippen molar-refractivity contribution in [2.45, 2.75) is 65.2 Å². The molecule has 1 amide bonds. The van der Waals surface area contributed by atoms with Crippen LogP contribution in [-0.2, 0) is 17.6 Å². The maximum atomic E-state index is 12.0.